The zero-order valence-electron chi connectivity index (χ0n) is 24.5. The summed E-state index contributed by atoms with van der Waals surface area (Å²) in [4.78, 5) is 38.0. The van der Waals surface area contributed by atoms with Crippen LogP contribution in [0.4, 0.5) is 9.59 Å². The first-order valence-corrected chi connectivity index (χ1v) is 14.0. The number of esters is 1. The molecule has 0 aromatic heterocycles. The molecule has 1 aliphatic rings. The second kappa shape index (κ2) is 15.1. The molecule has 0 radical (unpaired) electrons. The summed E-state index contributed by atoms with van der Waals surface area (Å²) in [5, 5.41) is 5.34. The molecule has 0 saturated heterocycles. The minimum atomic E-state index is -0.973. The minimum Gasteiger partial charge on any atom is -0.497 e. The summed E-state index contributed by atoms with van der Waals surface area (Å²) >= 11 is 0. The first-order chi connectivity index (χ1) is 20.1. The van der Waals surface area contributed by atoms with E-state index in [2.05, 4.69) is 22.8 Å². The van der Waals surface area contributed by atoms with Crippen molar-refractivity contribution in [1.82, 2.24) is 10.6 Å². The molecule has 4 rings (SSSR count). The topological polar surface area (TPSA) is 112 Å². The lowest BCUT2D eigenvalue weighted by atomic mass is 9.98. The molecule has 0 fully saturated rings. The molecule has 43 heavy (non-hydrogen) atoms. The predicted octanol–water partition coefficient (Wildman–Crippen LogP) is 6.59. The van der Waals surface area contributed by atoms with Gasteiger partial charge in [-0.3, -0.25) is 0 Å². The van der Waals surface area contributed by atoms with Gasteiger partial charge in [-0.25, -0.2) is 14.4 Å². The third kappa shape index (κ3) is 9.23. The molecule has 1 aliphatic carbocycles. The van der Waals surface area contributed by atoms with E-state index in [0.29, 0.717) is 12.2 Å². The molecule has 2 amide bonds. The van der Waals surface area contributed by atoms with Crippen molar-refractivity contribution >= 4 is 18.2 Å². The van der Waals surface area contributed by atoms with Crippen molar-refractivity contribution in [1.29, 1.82) is 0 Å². The number of ether oxygens (including phenoxy) is 4. The lowest BCUT2D eigenvalue weighted by Gasteiger charge is -2.21. The second-order valence-electron chi connectivity index (χ2n) is 11.0. The van der Waals surface area contributed by atoms with Crippen molar-refractivity contribution in [2.45, 2.75) is 65.2 Å². The maximum absolute atomic E-state index is 13.0. The summed E-state index contributed by atoms with van der Waals surface area (Å²) in [6, 6.07) is 22.3. The van der Waals surface area contributed by atoms with Crippen LogP contribution in [-0.2, 0) is 25.6 Å². The van der Waals surface area contributed by atoms with E-state index < -0.39 is 29.8 Å². The zero-order chi connectivity index (χ0) is 30.1. The number of methoxy groups -OCH3 is 1. The summed E-state index contributed by atoms with van der Waals surface area (Å²) < 4.78 is 21.6. The molecule has 0 heterocycles. The van der Waals surface area contributed by atoms with E-state index in [1.54, 1.807) is 52.1 Å². The SMILES string of the molecule is C.COc1ccc(COC(=O)[C@H](CCCNC(=O)OC(C)(C)C)NC(=O)OCC2c3ccccc3-c3ccccc32)cc1. The number of fused-ring (bicyclic) bond motifs is 3. The van der Waals surface area contributed by atoms with Crippen LogP contribution in [0.5, 0.6) is 5.75 Å². The van der Waals surface area contributed by atoms with Crippen LogP contribution in [0.15, 0.2) is 72.8 Å². The van der Waals surface area contributed by atoms with Crippen molar-refractivity contribution in [3.05, 3.63) is 89.5 Å². The molecule has 0 aliphatic heterocycles. The Hall–Kier alpha value is -4.53. The monoisotopic (exact) mass is 590 g/mol. The highest BCUT2D eigenvalue weighted by Crippen LogP contribution is 2.44. The van der Waals surface area contributed by atoms with Gasteiger partial charge in [-0.15, -0.1) is 0 Å². The molecule has 0 unspecified atom stereocenters. The van der Waals surface area contributed by atoms with Gasteiger partial charge in [-0.2, -0.15) is 0 Å². The van der Waals surface area contributed by atoms with Gasteiger partial charge in [0, 0.05) is 12.5 Å². The number of nitrogens with one attached hydrogen (secondary N) is 2. The van der Waals surface area contributed by atoms with E-state index in [1.807, 2.05) is 36.4 Å². The molecule has 0 saturated carbocycles. The molecule has 230 valence electrons. The molecule has 3 aromatic rings. The zero-order valence-corrected chi connectivity index (χ0v) is 24.5. The number of carbonyl (C=O) groups excluding carboxylic acids is 3. The quantitative estimate of drug-likeness (QED) is 0.147. The molecule has 1 atom stereocenters. The molecule has 0 bridgehead atoms. The molecule has 2 N–H and O–H groups in total. The lowest BCUT2D eigenvalue weighted by molar-refractivity contribution is -0.147. The molecular weight excluding hydrogens is 548 g/mol. The number of rotatable bonds is 11. The van der Waals surface area contributed by atoms with Gasteiger partial charge in [-0.1, -0.05) is 68.1 Å². The number of hydrogen-bond acceptors (Lipinski definition) is 7. The van der Waals surface area contributed by atoms with Crippen LogP contribution in [0.3, 0.4) is 0 Å². The minimum absolute atomic E-state index is 0. The van der Waals surface area contributed by atoms with Crippen LogP contribution in [0, 0.1) is 0 Å². The van der Waals surface area contributed by atoms with E-state index in [9.17, 15) is 14.4 Å². The van der Waals surface area contributed by atoms with Crippen LogP contribution in [0.2, 0.25) is 0 Å². The Kier molecular flexibility index (Phi) is 11.6. The van der Waals surface area contributed by atoms with Crippen molar-refractivity contribution < 1.29 is 33.3 Å². The smallest absolute Gasteiger partial charge is 0.407 e. The van der Waals surface area contributed by atoms with Gasteiger partial charge in [0.25, 0.3) is 0 Å². The van der Waals surface area contributed by atoms with Crippen molar-refractivity contribution in [3.8, 4) is 16.9 Å². The van der Waals surface area contributed by atoms with E-state index in [0.717, 1.165) is 27.8 Å². The Bertz CT molecular complexity index is 1340. The van der Waals surface area contributed by atoms with Crippen molar-refractivity contribution in [3.63, 3.8) is 0 Å². The summed E-state index contributed by atoms with van der Waals surface area (Å²) in [6.45, 7) is 5.73. The summed E-state index contributed by atoms with van der Waals surface area (Å²) in [5.41, 5.74) is 4.59. The third-order valence-corrected chi connectivity index (χ3v) is 6.80. The van der Waals surface area contributed by atoms with E-state index in [1.165, 1.54) is 0 Å². The van der Waals surface area contributed by atoms with Crippen LogP contribution < -0.4 is 15.4 Å². The molecule has 9 nitrogen and oxygen atoms in total. The van der Waals surface area contributed by atoms with Crippen LogP contribution in [0.25, 0.3) is 11.1 Å². The van der Waals surface area contributed by atoms with Crippen LogP contribution in [0.1, 0.15) is 63.6 Å². The normalized spacial score (nSPS) is 12.6. The van der Waals surface area contributed by atoms with Gasteiger partial charge in [0.2, 0.25) is 0 Å². The highest BCUT2D eigenvalue weighted by atomic mass is 16.6. The summed E-state index contributed by atoms with van der Waals surface area (Å²) in [7, 11) is 1.58. The molecule has 9 heteroatoms. The Labute approximate surface area is 253 Å². The van der Waals surface area contributed by atoms with Gasteiger partial charge in [-0.05, 0) is 73.6 Å². The second-order valence-corrected chi connectivity index (χ2v) is 11.0. The number of hydrogen-bond donors (Lipinski definition) is 2. The standard InChI is InChI=1S/C33H38N2O7.CH4/c1-33(2,3)42-31(37)34-19-9-14-29(30(36)40-20-22-15-17-23(39-4)18-16-22)35-32(38)41-21-28-26-12-7-5-10-24(26)25-11-6-8-13-27(25)28;/h5-8,10-13,15-18,28-29H,9,14,19-21H2,1-4H3,(H,34,37)(H,35,38);1H4/t29-;/m0./s1. The fourth-order valence-corrected chi connectivity index (χ4v) is 4.82. The van der Waals surface area contributed by atoms with Gasteiger partial charge in [0.05, 0.1) is 7.11 Å². The van der Waals surface area contributed by atoms with Crippen molar-refractivity contribution in [2.75, 3.05) is 20.3 Å². The van der Waals surface area contributed by atoms with Crippen molar-refractivity contribution in [2.24, 2.45) is 0 Å². The highest BCUT2D eigenvalue weighted by Gasteiger charge is 2.30. The Morgan fingerprint density at radius 3 is 2.02 bits per heavy atom. The van der Waals surface area contributed by atoms with E-state index >= 15 is 0 Å². The van der Waals surface area contributed by atoms with E-state index in [-0.39, 0.29) is 39.5 Å². The third-order valence-electron chi connectivity index (χ3n) is 6.80. The predicted molar refractivity (Wildman–Crippen MR) is 165 cm³/mol. The summed E-state index contributed by atoms with van der Waals surface area (Å²) in [6.07, 6.45) is -0.652. The maximum atomic E-state index is 13.0. The number of benzene rings is 3. The lowest BCUT2D eigenvalue weighted by Crippen LogP contribution is -2.43. The average molecular weight is 591 g/mol. The Morgan fingerprint density at radius 1 is 0.837 bits per heavy atom. The van der Waals surface area contributed by atoms with Gasteiger partial charge in [0.15, 0.2) is 0 Å². The van der Waals surface area contributed by atoms with Gasteiger partial charge in [0.1, 0.15) is 30.6 Å². The Balaban J connectivity index is 0.00000506. The van der Waals surface area contributed by atoms with Crippen LogP contribution >= 0.6 is 0 Å². The fraction of sp³-hybridized carbons (Fsp3) is 0.382. The fourth-order valence-electron chi connectivity index (χ4n) is 4.82. The number of carbonyl (C=O) groups is 3. The molecular formula is C34H42N2O7. The maximum Gasteiger partial charge on any atom is 0.407 e. The highest BCUT2D eigenvalue weighted by molar-refractivity contribution is 5.82. The first-order valence-electron chi connectivity index (χ1n) is 14.0. The molecule has 0 spiro atoms. The summed E-state index contributed by atoms with van der Waals surface area (Å²) in [5.74, 6) is -0.0180. The first kappa shape index (κ1) is 33.0. The van der Waals surface area contributed by atoms with E-state index in [4.69, 9.17) is 18.9 Å². The number of alkyl carbamates (subject to hydrolysis) is 2. The van der Waals surface area contributed by atoms with Gasteiger partial charge >= 0.3 is 18.2 Å². The molecule has 3 aromatic carbocycles. The average Bonchev–Trinajstić information content (AvgIpc) is 3.29. The Morgan fingerprint density at radius 2 is 1.44 bits per heavy atom. The van der Waals surface area contributed by atoms with Gasteiger partial charge < -0.3 is 29.6 Å². The largest absolute Gasteiger partial charge is 0.497 e. The van der Waals surface area contributed by atoms with Crippen LogP contribution in [-0.4, -0.2) is 50.1 Å². The number of amides is 2.